The van der Waals surface area contributed by atoms with E-state index in [2.05, 4.69) is 41.4 Å². The van der Waals surface area contributed by atoms with Gasteiger partial charge in [-0.15, -0.1) is 10.2 Å². The van der Waals surface area contributed by atoms with Crippen molar-refractivity contribution in [2.75, 3.05) is 7.11 Å². The summed E-state index contributed by atoms with van der Waals surface area (Å²) in [5.74, 6) is 1.69. The topological polar surface area (TPSA) is 39.9 Å². The summed E-state index contributed by atoms with van der Waals surface area (Å²) in [6, 6.07) is 16.3. The molecule has 5 heteroatoms. The van der Waals surface area contributed by atoms with Crippen LogP contribution in [0, 0.1) is 6.92 Å². The third-order valence-corrected chi connectivity index (χ3v) is 4.46. The predicted octanol–water partition coefficient (Wildman–Crippen LogP) is 3.88. The van der Waals surface area contributed by atoms with E-state index in [1.165, 1.54) is 11.1 Å². The van der Waals surface area contributed by atoms with E-state index in [-0.39, 0.29) is 0 Å². The number of thioether (sulfide) groups is 1. The van der Waals surface area contributed by atoms with Crippen LogP contribution in [0.2, 0.25) is 0 Å². The summed E-state index contributed by atoms with van der Waals surface area (Å²) < 4.78 is 7.25. The number of nitrogens with zero attached hydrogens (tertiary/aromatic N) is 3. The molecule has 0 bridgehead atoms. The minimum atomic E-state index is 0.820. The maximum Gasteiger partial charge on any atom is 0.195 e. The average Bonchev–Trinajstić information content (AvgIpc) is 3.03. The molecule has 22 heavy (non-hydrogen) atoms. The van der Waals surface area contributed by atoms with Gasteiger partial charge in [0.05, 0.1) is 12.8 Å². The number of ether oxygens (including phenoxy) is 1. The Labute approximate surface area is 134 Å². The lowest BCUT2D eigenvalue weighted by atomic mass is 10.1. The van der Waals surface area contributed by atoms with E-state index in [1.54, 1.807) is 25.2 Å². The SMILES string of the molecule is COc1cccc(-n2cnnc2SCc2ccccc2C)c1. The standard InChI is InChI=1S/C17H17N3OS/c1-13-6-3-4-7-14(13)11-22-17-19-18-12-20(17)15-8-5-9-16(10-15)21-2/h3-10,12H,11H2,1-2H3. The molecule has 0 aliphatic carbocycles. The molecule has 0 saturated heterocycles. The Kier molecular flexibility index (Phi) is 4.44. The third kappa shape index (κ3) is 3.14. The molecule has 1 aromatic heterocycles. The van der Waals surface area contributed by atoms with Gasteiger partial charge in [0, 0.05) is 11.8 Å². The zero-order chi connectivity index (χ0) is 15.4. The van der Waals surface area contributed by atoms with Crippen molar-refractivity contribution in [3.63, 3.8) is 0 Å². The number of hydrogen-bond donors (Lipinski definition) is 0. The van der Waals surface area contributed by atoms with Gasteiger partial charge in [-0.2, -0.15) is 0 Å². The normalized spacial score (nSPS) is 10.6. The molecule has 3 aromatic rings. The van der Waals surface area contributed by atoms with Crippen molar-refractivity contribution in [1.82, 2.24) is 14.8 Å². The van der Waals surface area contributed by atoms with Gasteiger partial charge in [-0.05, 0) is 30.2 Å². The van der Waals surface area contributed by atoms with Crippen LogP contribution in [0.15, 0.2) is 60.0 Å². The van der Waals surface area contributed by atoms with E-state index in [9.17, 15) is 0 Å². The molecule has 0 spiro atoms. The summed E-state index contributed by atoms with van der Waals surface area (Å²) in [5, 5.41) is 9.14. The van der Waals surface area contributed by atoms with E-state index in [1.807, 2.05) is 28.8 Å². The largest absolute Gasteiger partial charge is 0.497 e. The Bertz CT molecular complexity index is 770. The molecule has 0 N–H and O–H groups in total. The van der Waals surface area contributed by atoms with Gasteiger partial charge in [-0.1, -0.05) is 42.1 Å². The quantitative estimate of drug-likeness (QED) is 0.671. The van der Waals surface area contributed by atoms with Crippen LogP contribution in [0.1, 0.15) is 11.1 Å². The van der Waals surface area contributed by atoms with Gasteiger partial charge in [-0.3, -0.25) is 4.57 Å². The molecular formula is C17H17N3OS. The van der Waals surface area contributed by atoms with Gasteiger partial charge < -0.3 is 4.74 Å². The lowest BCUT2D eigenvalue weighted by molar-refractivity contribution is 0.414. The zero-order valence-corrected chi connectivity index (χ0v) is 13.4. The van der Waals surface area contributed by atoms with E-state index in [0.29, 0.717) is 0 Å². The monoisotopic (exact) mass is 311 g/mol. The Morgan fingerprint density at radius 2 is 2.00 bits per heavy atom. The first kappa shape index (κ1) is 14.7. The molecule has 0 aliphatic rings. The van der Waals surface area contributed by atoms with Gasteiger partial charge in [0.1, 0.15) is 12.1 Å². The Hall–Kier alpha value is -2.27. The minimum Gasteiger partial charge on any atom is -0.497 e. The fraction of sp³-hybridized carbons (Fsp3) is 0.176. The second-order valence-corrected chi connectivity index (χ2v) is 5.84. The molecule has 0 radical (unpaired) electrons. The van der Waals surface area contributed by atoms with Gasteiger partial charge in [0.25, 0.3) is 0 Å². The Morgan fingerprint density at radius 1 is 1.14 bits per heavy atom. The van der Waals surface area contributed by atoms with Gasteiger partial charge in [0.2, 0.25) is 0 Å². The Balaban J connectivity index is 1.82. The van der Waals surface area contributed by atoms with E-state index < -0.39 is 0 Å². The second-order valence-electron chi connectivity index (χ2n) is 4.90. The first-order chi connectivity index (χ1) is 10.8. The van der Waals surface area contributed by atoms with Crippen LogP contribution in [-0.2, 0) is 5.75 Å². The van der Waals surface area contributed by atoms with Crippen molar-refractivity contribution in [1.29, 1.82) is 0 Å². The number of aromatic nitrogens is 3. The molecule has 0 amide bonds. The van der Waals surface area contributed by atoms with Crippen molar-refractivity contribution >= 4 is 11.8 Å². The lowest BCUT2D eigenvalue weighted by Crippen LogP contribution is -1.96. The van der Waals surface area contributed by atoms with Crippen molar-refractivity contribution < 1.29 is 4.74 Å². The van der Waals surface area contributed by atoms with Crippen LogP contribution < -0.4 is 4.74 Å². The maximum absolute atomic E-state index is 5.28. The van der Waals surface area contributed by atoms with Crippen LogP contribution in [0.3, 0.4) is 0 Å². The highest BCUT2D eigenvalue weighted by molar-refractivity contribution is 7.98. The summed E-state index contributed by atoms with van der Waals surface area (Å²) >= 11 is 1.68. The second kappa shape index (κ2) is 6.66. The van der Waals surface area contributed by atoms with Crippen molar-refractivity contribution in [2.45, 2.75) is 17.8 Å². The number of methoxy groups -OCH3 is 1. The number of hydrogen-bond acceptors (Lipinski definition) is 4. The predicted molar refractivity (Wildman–Crippen MR) is 88.7 cm³/mol. The van der Waals surface area contributed by atoms with Crippen molar-refractivity contribution in [3.05, 3.63) is 66.0 Å². The summed E-state index contributed by atoms with van der Waals surface area (Å²) in [7, 11) is 1.67. The smallest absolute Gasteiger partial charge is 0.195 e. The molecule has 0 aliphatic heterocycles. The summed E-state index contributed by atoms with van der Waals surface area (Å²) in [6.07, 6.45) is 1.73. The summed E-state index contributed by atoms with van der Waals surface area (Å²) in [6.45, 7) is 2.13. The van der Waals surface area contributed by atoms with Gasteiger partial charge >= 0.3 is 0 Å². The molecule has 4 nitrogen and oxygen atoms in total. The first-order valence-corrected chi connectivity index (χ1v) is 7.98. The van der Waals surface area contributed by atoms with E-state index >= 15 is 0 Å². The van der Waals surface area contributed by atoms with Crippen LogP contribution in [-0.4, -0.2) is 21.9 Å². The van der Waals surface area contributed by atoms with E-state index in [0.717, 1.165) is 22.3 Å². The molecule has 0 atom stereocenters. The number of benzene rings is 2. The molecule has 1 heterocycles. The van der Waals surface area contributed by atoms with Crippen molar-refractivity contribution in [3.8, 4) is 11.4 Å². The molecule has 0 unspecified atom stereocenters. The van der Waals surface area contributed by atoms with Crippen LogP contribution in [0.5, 0.6) is 5.75 Å². The number of aryl methyl sites for hydroxylation is 1. The Morgan fingerprint density at radius 3 is 2.82 bits per heavy atom. The van der Waals surface area contributed by atoms with Gasteiger partial charge in [-0.25, -0.2) is 0 Å². The molecule has 3 rings (SSSR count). The molecule has 2 aromatic carbocycles. The van der Waals surface area contributed by atoms with Crippen LogP contribution >= 0.6 is 11.8 Å². The third-order valence-electron chi connectivity index (χ3n) is 3.47. The highest BCUT2D eigenvalue weighted by Crippen LogP contribution is 2.26. The molecule has 0 fully saturated rings. The maximum atomic E-state index is 5.28. The van der Waals surface area contributed by atoms with E-state index in [4.69, 9.17) is 4.74 Å². The fourth-order valence-corrected chi connectivity index (χ4v) is 3.18. The highest BCUT2D eigenvalue weighted by Gasteiger charge is 2.09. The molecular weight excluding hydrogens is 294 g/mol. The average molecular weight is 311 g/mol. The van der Waals surface area contributed by atoms with Crippen molar-refractivity contribution in [2.24, 2.45) is 0 Å². The summed E-state index contributed by atoms with van der Waals surface area (Å²) in [4.78, 5) is 0. The lowest BCUT2D eigenvalue weighted by Gasteiger charge is -2.08. The fourth-order valence-electron chi connectivity index (χ4n) is 2.17. The van der Waals surface area contributed by atoms with Crippen LogP contribution in [0.4, 0.5) is 0 Å². The minimum absolute atomic E-state index is 0.820. The zero-order valence-electron chi connectivity index (χ0n) is 12.6. The molecule has 112 valence electrons. The highest BCUT2D eigenvalue weighted by atomic mass is 32.2. The summed E-state index contributed by atoms with van der Waals surface area (Å²) in [5.41, 5.74) is 3.60. The first-order valence-electron chi connectivity index (χ1n) is 6.99. The van der Waals surface area contributed by atoms with Crippen LogP contribution in [0.25, 0.3) is 5.69 Å². The van der Waals surface area contributed by atoms with Gasteiger partial charge in [0.15, 0.2) is 5.16 Å². The number of rotatable bonds is 5. The molecule has 0 saturated carbocycles.